The monoisotopic (exact) mass is 238 g/mol. The second-order valence-electron chi connectivity index (χ2n) is 4.28. The van der Waals surface area contributed by atoms with Gasteiger partial charge in [-0.25, -0.2) is 18.4 Å². The Morgan fingerprint density at radius 3 is 2.27 bits per heavy atom. The van der Waals surface area contributed by atoms with Gasteiger partial charge in [0.05, 0.1) is 5.25 Å². The molecular weight excluding hydrogens is 220 g/mol. The van der Waals surface area contributed by atoms with E-state index in [1.165, 1.54) is 6.92 Å². The molecule has 0 fully saturated rings. The summed E-state index contributed by atoms with van der Waals surface area (Å²) in [6, 6.07) is 0. The van der Waals surface area contributed by atoms with E-state index in [2.05, 4.69) is 5.32 Å². The number of hydrogen-bond acceptors (Lipinski definition) is 4. The number of nitrogens with two attached hydrogens (primary N) is 1. The molecule has 90 valence electrons. The summed E-state index contributed by atoms with van der Waals surface area (Å²) in [7, 11) is -3.61. The van der Waals surface area contributed by atoms with Crippen molar-refractivity contribution >= 4 is 16.1 Å². The van der Waals surface area contributed by atoms with Gasteiger partial charge in [-0.2, -0.15) is 0 Å². The fourth-order valence-electron chi connectivity index (χ4n) is 0.657. The zero-order valence-corrected chi connectivity index (χ0v) is 10.2. The molecule has 0 aromatic rings. The van der Waals surface area contributed by atoms with Crippen molar-refractivity contribution in [1.82, 2.24) is 5.32 Å². The summed E-state index contributed by atoms with van der Waals surface area (Å²) < 4.78 is 26.5. The van der Waals surface area contributed by atoms with Gasteiger partial charge in [0.1, 0.15) is 5.60 Å². The highest BCUT2D eigenvalue weighted by atomic mass is 32.2. The molecule has 0 aliphatic rings. The fourth-order valence-corrected chi connectivity index (χ4v) is 0.973. The smallest absolute Gasteiger partial charge is 0.407 e. The van der Waals surface area contributed by atoms with Gasteiger partial charge in [0.2, 0.25) is 10.0 Å². The topological polar surface area (TPSA) is 98.5 Å². The van der Waals surface area contributed by atoms with Gasteiger partial charge in [0, 0.05) is 6.54 Å². The van der Waals surface area contributed by atoms with Crippen LogP contribution >= 0.6 is 0 Å². The first-order valence-electron chi connectivity index (χ1n) is 4.51. The SMILES string of the molecule is C[C@H](CNC(=O)OC(C)(C)C)S(N)(=O)=O. The van der Waals surface area contributed by atoms with Crippen LogP contribution in [0.4, 0.5) is 4.79 Å². The predicted octanol–water partition coefficient (Wildman–Crippen LogP) is 0.188. The zero-order valence-electron chi connectivity index (χ0n) is 9.40. The largest absolute Gasteiger partial charge is 0.444 e. The second-order valence-corrected chi connectivity index (χ2v) is 6.27. The van der Waals surface area contributed by atoms with E-state index in [4.69, 9.17) is 9.88 Å². The van der Waals surface area contributed by atoms with Crippen LogP contribution in [0.15, 0.2) is 0 Å². The number of alkyl carbamates (subject to hydrolysis) is 1. The van der Waals surface area contributed by atoms with Crippen molar-refractivity contribution in [2.45, 2.75) is 38.5 Å². The highest BCUT2D eigenvalue weighted by molar-refractivity contribution is 7.89. The van der Waals surface area contributed by atoms with Crippen LogP contribution in [0.1, 0.15) is 27.7 Å². The van der Waals surface area contributed by atoms with Crippen LogP contribution in [-0.2, 0) is 14.8 Å². The fraction of sp³-hybridized carbons (Fsp3) is 0.875. The lowest BCUT2D eigenvalue weighted by Crippen LogP contribution is -2.40. The number of nitrogens with one attached hydrogen (secondary N) is 1. The van der Waals surface area contributed by atoms with Crippen molar-refractivity contribution in [1.29, 1.82) is 0 Å². The third kappa shape index (κ3) is 7.15. The number of carbonyl (C=O) groups excluding carboxylic acids is 1. The van der Waals surface area contributed by atoms with Crippen LogP contribution in [0.5, 0.6) is 0 Å². The van der Waals surface area contributed by atoms with E-state index in [0.29, 0.717) is 0 Å². The average Bonchev–Trinajstić information content (AvgIpc) is 1.94. The maximum absolute atomic E-state index is 11.1. The number of ether oxygens (including phenoxy) is 1. The quantitative estimate of drug-likeness (QED) is 0.733. The van der Waals surface area contributed by atoms with Crippen LogP contribution in [0.3, 0.4) is 0 Å². The van der Waals surface area contributed by atoms with Gasteiger partial charge in [-0.1, -0.05) is 0 Å². The van der Waals surface area contributed by atoms with Gasteiger partial charge in [-0.15, -0.1) is 0 Å². The third-order valence-electron chi connectivity index (χ3n) is 1.49. The molecule has 1 atom stereocenters. The minimum absolute atomic E-state index is 0.0618. The van der Waals surface area contributed by atoms with E-state index in [0.717, 1.165) is 0 Å². The normalized spacial score (nSPS) is 14.5. The molecule has 0 aromatic carbocycles. The minimum Gasteiger partial charge on any atom is -0.444 e. The summed E-state index contributed by atoms with van der Waals surface area (Å²) in [5, 5.41) is 6.37. The number of primary sulfonamides is 1. The van der Waals surface area contributed by atoms with E-state index in [1.54, 1.807) is 20.8 Å². The molecule has 0 aliphatic carbocycles. The van der Waals surface area contributed by atoms with Crippen molar-refractivity contribution in [3.05, 3.63) is 0 Å². The third-order valence-corrected chi connectivity index (χ3v) is 2.78. The molecule has 0 aromatic heterocycles. The second kappa shape index (κ2) is 4.80. The Labute approximate surface area is 90.2 Å². The molecule has 0 rings (SSSR count). The first kappa shape index (κ1) is 14.2. The van der Waals surface area contributed by atoms with Crippen LogP contribution < -0.4 is 10.5 Å². The van der Waals surface area contributed by atoms with Gasteiger partial charge in [0.25, 0.3) is 0 Å². The molecule has 1 amide bonds. The van der Waals surface area contributed by atoms with Crippen molar-refractivity contribution in [3.8, 4) is 0 Å². The van der Waals surface area contributed by atoms with Crippen molar-refractivity contribution < 1.29 is 17.9 Å². The van der Waals surface area contributed by atoms with Crippen molar-refractivity contribution in [2.75, 3.05) is 6.54 Å². The molecule has 0 heterocycles. The number of sulfonamides is 1. The van der Waals surface area contributed by atoms with Gasteiger partial charge in [-0.05, 0) is 27.7 Å². The van der Waals surface area contributed by atoms with Crippen molar-refractivity contribution in [3.63, 3.8) is 0 Å². The lowest BCUT2D eigenvalue weighted by atomic mass is 10.2. The predicted molar refractivity (Wildman–Crippen MR) is 56.8 cm³/mol. The number of hydrogen-bond donors (Lipinski definition) is 2. The van der Waals surface area contributed by atoms with Crippen LogP contribution in [0, 0.1) is 0 Å². The summed E-state index contributed by atoms with van der Waals surface area (Å²) in [6.45, 7) is 6.50. The van der Waals surface area contributed by atoms with Crippen molar-refractivity contribution in [2.24, 2.45) is 5.14 Å². The molecule has 0 spiro atoms. The average molecular weight is 238 g/mol. The van der Waals surface area contributed by atoms with Gasteiger partial charge in [-0.3, -0.25) is 0 Å². The summed E-state index contributed by atoms with van der Waals surface area (Å²) >= 11 is 0. The zero-order chi connectivity index (χ0) is 12.3. The number of rotatable bonds is 3. The Hall–Kier alpha value is -0.820. The Kier molecular flexibility index (Phi) is 4.54. The van der Waals surface area contributed by atoms with E-state index < -0.39 is 27.0 Å². The van der Waals surface area contributed by atoms with Crippen LogP contribution in [0.25, 0.3) is 0 Å². The van der Waals surface area contributed by atoms with Gasteiger partial charge >= 0.3 is 6.09 Å². The Balaban J connectivity index is 4.03. The Bertz CT molecular complexity index is 318. The first-order chi connectivity index (χ1) is 6.52. The van der Waals surface area contributed by atoms with Crippen LogP contribution in [-0.4, -0.2) is 31.9 Å². The summed E-state index contributed by atoms with van der Waals surface area (Å²) in [6.07, 6.45) is -0.655. The molecule has 0 saturated carbocycles. The first-order valence-corrected chi connectivity index (χ1v) is 6.12. The molecule has 0 radical (unpaired) electrons. The summed E-state index contributed by atoms with van der Waals surface area (Å²) in [5.41, 5.74) is -0.602. The maximum Gasteiger partial charge on any atom is 0.407 e. The van der Waals surface area contributed by atoms with E-state index in [1.807, 2.05) is 0 Å². The van der Waals surface area contributed by atoms with Gasteiger partial charge < -0.3 is 10.1 Å². The molecule has 0 saturated heterocycles. The van der Waals surface area contributed by atoms with E-state index >= 15 is 0 Å². The van der Waals surface area contributed by atoms with Gasteiger partial charge in [0.15, 0.2) is 0 Å². The van der Waals surface area contributed by atoms with E-state index in [-0.39, 0.29) is 6.54 Å². The highest BCUT2D eigenvalue weighted by Gasteiger charge is 2.19. The lowest BCUT2D eigenvalue weighted by molar-refractivity contribution is 0.0528. The minimum atomic E-state index is -3.61. The number of carbonyl (C=O) groups is 1. The molecule has 0 aliphatic heterocycles. The molecule has 0 unspecified atom stereocenters. The number of amides is 1. The summed E-state index contributed by atoms with van der Waals surface area (Å²) in [4.78, 5) is 11.1. The standard InChI is InChI=1S/C8H18N2O4S/c1-6(15(9,12)13)5-10-7(11)14-8(2,3)4/h6H,5H2,1-4H3,(H,10,11)(H2,9,12,13)/t6-/m1/s1. The molecule has 6 nitrogen and oxygen atoms in total. The Morgan fingerprint density at radius 2 is 1.93 bits per heavy atom. The Morgan fingerprint density at radius 1 is 1.47 bits per heavy atom. The molecule has 3 N–H and O–H groups in total. The lowest BCUT2D eigenvalue weighted by Gasteiger charge is -2.20. The molecule has 0 bridgehead atoms. The molecule has 7 heteroatoms. The maximum atomic E-state index is 11.1. The molecular formula is C8H18N2O4S. The van der Waals surface area contributed by atoms with Crippen LogP contribution in [0.2, 0.25) is 0 Å². The molecule has 15 heavy (non-hydrogen) atoms. The van der Waals surface area contributed by atoms with E-state index in [9.17, 15) is 13.2 Å². The highest BCUT2D eigenvalue weighted by Crippen LogP contribution is 2.06. The summed E-state index contributed by atoms with van der Waals surface area (Å²) in [5.74, 6) is 0.